The number of anilines is 1. The molecule has 1 N–H and O–H groups in total. The van der Waals surface area contributed by atoms with Crippen molar-refractivity contribution in [2.24, 2.45) is 0 Å². The fourth-order valence-electron chi connectivity index (χ4n) is 2.86. The summed E-state index contributed by atoms with van der Waals surface area (Å²) >= 11 is 0. The molecule has 134 valence electrons. The third-order valence-electron chi connectivity index (χ3n) is 4.50. The van der Waals surface area contributed by atoms with Gasteiger partial charge in [0.2, 0.25) is 0 Å². The van der Waals surface area contributed by atoms with Gasteiger partial charge in [0.25, 0.3) is 0 Å². The standard InChI is InChI=1S/C22H25N3O/c1-15-6-7-16(2)19(12-15)14-25-17(3)13-22(24-25)18(4)23-20-8-10-21(26-5)11-9-20/h6-13,23H,4,14H2,1-3,5H3. The molecule has 3 aromatic rings. The molecule has 0 bridgehead atoms. The SMILES string of the molecule is C=C(Nc1ccc(OC)cc1)c1cc(C)n(Cc2cc(C)ccc2C)n1. The van der Waals surface area contributed by atoms with Gasteiger partial charge in [-0.2, -0.15) is 5.10 Å². The molecule has 0 saturated heterocycles. The quantitative estimate of drug-likeness (QED) is 0.686. The number of hydrogen-bond acceptors (Lipinski definition) is 3. The molecule has 0 aliphatic heterocycles. The van der Waals surface area contributed by atoms with Gasteiger partial charge in [-0.25, -0.2) is 0 Å². The van der Waals surface area contributed by atoms with Crippen molar-refractivity contribution in [3.05, 3.63) is 83.2 Å². The topological polar surface area (TPSA) is 39.1 Å². The van der Waals surface area contributed by atoms with Gasteiger partial charge in [0, 0.05) is 11.4 Å². The summed E-state index contributed by atoms with van der Waals surface area (Å²) in [7, 11) is 1.66. The Balaban J connectivity index is 1.76. The van der Waals surface area contributed by atoms with Gasteiger partial charge in [-0.1, -0.05) is 30.3 Å². The first-order chi connectivity index (χ1) is 12.5. The van der Waals surface area contributed by atoms with E-state index in [9.17, 15) is 0 Å². The van der Waals surface area contributed by atoms with E-state index in [0.29, 0.717) is 0 Å². The molecular formula is C22H25N3O. The molecule has 3 rings (SSSR count). The number of rotatable bonds is 6. The lowest BCUT2D eigenvalue weighted by Crippen LogP contribution is -2.06. The number of aryl methyl sites for hydroxylation is 3. The highest BCUT2D eigenvalue weighted by Crippen LogP contribution is 2.21. The second-order valence-corrected chi connectivity index (χ2v) is 6.59. The van der Waals surface area contributed by atoms with Crippen LogP contribution in [0.2, 0.25) is 0 Å². The molecule has 4 heteroatoms. The predicted octanol–water partition coefficient (Wildman–Crippen LogP) is 4.95. The molecule has 0 unspecified atom stereocenters. The monoisotopic (exact) mass is 347 g/mol. The van der Waals surface area contributed by atoms with Gasteiger partial charge in [-0.05, 0) is 62.2 Å². The summed E-state index contributed by atoms with van der Waals surface area (Å²) in [6.07, 6.45) is 0. The number of benzene rings is 2. The van der Waals surface area contributed by atoms with E-state index in [0.717, 1.165) is 35.1 Å². The average Bonchev–Trinajstić information content (AvgIpc) is 3.00. The highest BCUT2D eigenvalue weighted by molar-refractivity contribution is 5.73. The predicted molar refractivity (Wildman–Crippen MR) is 108 cm³/mol. The number of hydrogen-bond donors (Lipinski definition) is 1. The smallest absolute Gasteiger partial charge is 0.119 e. The molecule has 0 aliphatic carbocycles. The Morgan fingerprint density at radius 3 is 2.50 bits per heavy atom. The lowest BCUT2D eigenvalue weighted by atomic mass is 10.1. The Bertz CT molecular complexity index is 923. The summed E-state index contributed by atoms with van der Waals surface area (Å²) < 4.78 is 7.21. The Hall–Kier alpha value is -3.01. The van der Waals surface area contributed by atoms with Gasteiger partial charge >= 0.3 is 0 Å². The van der Waals surface area contributed by atoms with Crippen LogP contribution < -0.4 is 10.1 Å². The first kappa shape index (κ1) is 17.8. The van der Waals surface area contributed by atoms with Crippen LogP contribution in [0.25, 0.3) is 5.70 Å². The van der Waals surface area contributed by atoms with Crippen molar-refractivity contribution in [3.63, 3.8) is 0 Å². The lowest BCUT2D eigenvalue weighted by Gasteiger charge is -2.10. The average molecular weight is 347 g/mol. The molecule has 0 atom stereocenters. The largest absolute Gasteiger partial charge is 0.497 e. The molecule has 0 radical (unpaired) electrons. The molecule has 0 spiro atoms. The van der Waals surface area contributed by atoms with E-state index in [-0.39, 0.29) is 0 Å². The van der Waals surface area contributed by atoms with Crippen molar-refractivity contribution >= 4 is 11.4 Å². The second kappa shape index (κ2) is 7.48. The molecule has 2 aromatic carbocycles. The third kappa shape index (κ3) is 3.97. The molecule has 0 amide bonds. The van der Waals surface area contributed by atoms with Crippen LogP contribution in [0.3, 0.4) is 0 Å². The first-order valence-corrected chi connectivity index (χ1v) is 8.67. The summed E-state index contributed by atoms with van der Waals surface area (Å²) in [5.41, 5.74) is 7.53. The van der Waals surface area contributed by atoms with E-state index in [2.05, 4.69) is 56.9 Å². The minimum Gasteiger partial charge on any atom is -0.497 e. The van der Waals surface area contributed by atoms with Gasteiger partial charge in [0.15, 0.2) is 0 Å². The fourth-order valence-corrected chi connectivity index (χ4v) is 2.86. The van der Waals surface area contributed by atoms with Crippen molar-refractivity contribution in [2.45, 2.75) is 27.3 Å². The van der Waals surface area contributed by atoms with Gasteiger partial charge in [0.1, 0.15) is 11.4 Å². The molecule has 1 heterocycles. The summed E-state index contributed by atoms with van der Waals surface area (Å²) in [5, 5.41) is 8.04. The van der Waals surface area contributed by atoms with E-state index in [1.807, 2.05) is 28.9 Å². The number of methoxy groups -OCH3 is 1. The minimum atomic E-state index is 0.759. The molecule has 26 heavy (non-hydrogen) atoms. The molecule has 4 nitrogen and oxygen atoms in total. The van der Waals surface area contributed by atoms with Crippen LogP contribution in [0.15, 0.2) is 55.1 Å². The van der Waals surface area contributed by atoms with E-state index in [4.69, 9.17) is 9.84 Å². The van der Waals surface area contributed by atoms with Gasteiger partial charge < -0.3 is 10.1 Å². The normalized spacial score (nSPS) is 10.6. The van der Waals surface area contributed by atoms with E-state index >= 15 is 0 Å². The third-order valence-corrected chi connectivity index (χ3v) is 4.50. The highest BCUT2D eigenvalue weighted by Gasteiger charge is 2.10. The fraction of sp³-hybridized carbons (Fsp3) is 0.227. The zero-order valence-corrected chi connectivity index (χ0v) is 15.8. The van der Waals surface area contributed by atoms with Crippen molar-refractivity contribution in [2.75, 3.05) is 12.4 Å². The summed E-state index contributed by atoms with van der Waals surface area (Å²) in [6.45, 7) is 11.2. The molecule has 1 aromatic heterocycles. The van der Waals surface area contributed by atoms with Gasteiger partial charge in [0.05, 0.1) is 19.4 Å². The Morgan fingerprint density at radius 2 is 1.81 bits per heavy atom. The van der Waals surface area contributed by atoms with Crippen LogP contribution in [0.1, 0.15) is 28.1 Å². The van der Waals surface area contributed by atoms with Crippen LogP contribution in [-0.2, 0) is 6.54 Å². The first-order valence-electron chi connectivity index (χ1n) is 8.67. The number of aromatic nitrogens is 2. The summed E-state index contributed by atoms with van der Waals surface area (Å²) in [5.74, 6) is 0.829. The van der Waals surface area contributed by atoms with E-state index in [1.165, 1.54) is 16.7 Å². The van der Waals surface area contributed by atoms with E-state index in [1.54, 1.807) is 7.11 Å². The van der Waals surface area contributed by atoms with Crippen LogP contribution in [0.5, 0.6) is 5.75 Å². The van der Waals surface area contributed by atoms with Gasteiger partial charge in [-0.3, -0.25) is 4.68 Å². The van der Waals surface area contributed by atoms with E-state index < -0.39 is 0 Å². The summed E-state index contributed by atoms with van der Waals surface area (Å²) in [4.78, 5) is 0. The van der Waals surface area contributed by atoms with Crippen molar-refractivity contribution in [3.8, 4) is 5.75 Å². The Morgan fingerprint density at radius 1 is 1.08 bits per heavy atom. The summed E-state index contributed by atoms with van der Waals surface area (Å²) in [6, 6.07) is 16.3. The Labute approximate surface area is 155 Å². The molecular weight excluding hydrogens is 322 g/mol. The van der Waals surface area contributed by atoms with Crippen LogP contribution in [-0.4, -0.2) is 16.9 Å². The van der Waals surface area contributed by atoms with Crippen molar-refractivity contribution in [1.29, 1.82) is 0 Å². The molecule has 0 aliphatic rings. The number of nitrogens with one attached hydrogen (secondary N) is 1. The number of ether oxygens (including phenoxy) is 1. The van der Waals surface area contributed by atoms with Crippen LogP contribution >= 0.6 is 0 Å². The maximum atomic E-state index is 5.19. The zero-order chi connectivity index (χ0) is 18.7. The number of nitrogens with zero attached hydrogens (tertiary/aromatic N) is 2. The minimum absolute atomic E-state index is 0.759. The Kier molecular flexibility index (Phi) is 5.12. The zero-order valence-electron chi connectivity index (χ0n) is 15.8. The van der Waals surface area contributed by atoms with Crippen molar-refractivity contribution < 1.29 is 4.74 Å². The van der Waals surface area contributed by atoms with Crippen molar-refractivity contribution in [1.82, 2.24) is 9.78 Å². The molecule has 0 saturated carbocycles. The molecule has 0 fully saturated rings. The maximum Gasteiger partial charge on any atom is 0.119 e. The highest BCUT2D eigenvalue weighted by atomic mass is 16.5. The second-order valence-electron chi connectivity index (χ2n) is 6.59. The van der Waals surface area contributed by atoms with Gasteiger partial charge in [-0.15, -0.1) is 0 Å². The lowest BCUT2D eigenvalue weighted by molar-refractivity contribution is 0.415. The van der Waals surface area contributed by atoms with Crippen LogP contribution in [0.4, 0.5) is 5.69 Å². The maximum absolute atomic E-state index is 5.19. The van der Waals surface area contributed by atoms with Crippen LogP contribution in [0, 0.1) is 20.8 Å².